The molecule has 9 heteroatoms. The minimum Gasteiger partial charge on any atom is -0.370 e. The van der Waals surface area contributed by atoms with Crippen LogP contribution in [0.2, 0.25) is 10.0 Å². The van der Waals surface area contributed by atoms with Crippen molar-refractivity contribution >= 4 is 51.7 Å². The SMILES string of the molecule is NC(N)=NCCCC1CN(C(=O)Cc2ccc3ccccc3c2)C(Cc2ccccc2)CN1C(=O)c1ccccc1-c1ccc(Cl)cc1Cl. The zero-order chi connectivity index (χ0) is 34.3. The Labute approximate surface area is 297 Å². The average Bonchev–Trinajstić information content (AvgIpc) is 3.10. The molecule has 250 valence electrons. The van der Waals surface area contributed by atoms with Crippen LogP contribution >= 0.6 is 23.2 Å². The van der Waals surface area contributed by atoms with Gasteiger partial charge in [-0.1, -0.05) is 120 Å². The van der Waals surface area contributed by atoms with Gasteiger partial charge in [-0.15, -0.1) is 0 Å². The smallest absolute Gasteiger partial charge is 0.254 e. The molecular formula is C40H39Cl2N5O2. The van der Waals surface area contributed by atoms with Gasteiger partial charge in [0.2, 0.25) is 5.91 Å². The first kappa shape index (κ1) is 34.0. The van der Waals surface area contributed by atoms with E-state index < -0.39 is 0 Å². The molecule has 1 aliphatic heterocycles. The Kier molecular flexibility index (Phi) is 10.8. The number of rotatable bonds is 10. The number of nitrogens with two attached hydrogens (primary N) is 2. The lowest BCUT2D eigenvalue weighted by molar-refractivity contribution is -0.136. The molecule has 0 spiro atoms. The van der Waals surface area contributed by atoms with Crippen LogP contribution in [0.5, 0.6) is 0 Å². The third-order valence-electron chi connectivity index (χ3n) is 9.13. The first-order chi connectivity index (χ1) is 23.8. The van der Waals surface area contributed by atoms with Crippen LogP contribution in [0.4, 0.5) is 0 Å². The molecule has 2 atom stereocenters. The fraction of sp³-hybridized carbons (Fsp3) is 0.225. The van der Waals surface area contributed by atoms with E-state index in [0.29, 0.717) is 54.5 Å². The molecule has 4 N–H and O–H groups in total. The second-order valence-corrected chi connectivity index (χ2v) is 13.3. The number of carbonyl (C=O) groups excluding carboxylic acids is 2. The van der Waals surface area contributed by atoms with Gasteiger partial charge in [-0.3, -0.25) is 14.6 Å². The van der Waals surface area contributed by atoms with Crippen molar-refractivity contribution < 1.29 is 9.59 Å². The van der Waals surface area contributed by atoms with E-state index in [-0.39, 0.29) is 36.3 Å². The maximum absolute atomic E-state index is 14.7. The van der Waals surface area contributed by atoms with E-state index in [4.69, 9.17) is 34.7 Å². The highest BCUT2D eigenvalue weighted by Crippen LogP contribution is 2.34. The molecule has 6 rings (SSSR count). The minimum absolute atomic E-state index is 0.0282. The summed E-state index contributed by atoms with van der Waals surface area (Å²) < 4.78 is 0. The van der Waals surface area contributed by atoms with E-state index in [0.717, 1.165) is 33.0 Å². The summed E-state index contributed by atoms with van der Waals surface area (Å²) in [5, 5.41) is 3.22. The van der Waals surface area contributed by atoms with Crippen LogP contribution in [-0.2, 0) is 17.6 Å². The fourth-order valence-corrected chi connectivity index (χ4v) is 7.25. The van der Waals surface area contributed by atoms with E-state index >= 15 is 0 Å². The molecule has 1 saturated heterocycles. The van der Waals surface area contributed by atoms with Gasteiger partial charge in [0, 0.05) is 46.8 Å². The largest absolute Gasteiger partial charge is 0.370 e. The Balaban J connectivity index is 1.34. The highest BCUT2D eigenvalue weighted by Gasteiger charge is 2.39. The van der Waals surface area contributed by atoms with Crippen molar-refractivity contribution in [2.24, 2.45) is 16.5 Å². The summed E-state index contributed by atoms with van der Waals surface area (Å²) in [7, 11) is 0. The van der Waals surface area contributed by atoms with Crippen LogP contribution in [-0.4, -0.2) is 59.3 Å². The summed E-state index contributed by atoms with van der Waals surface area (Å²) in [6.45, 7) is 1.19. The number of amides is 2. The third-order valence-corrected chi connectivity index (χ3v) is 9.68. The van der Waals surface area contributed by atoms with Crippen molar-refractivity contribution in [3.63, 3.8) is 0 Å². The number of benzene rings is 5. The Morgan fingerprint density at radius 3 is 2.20 bits per heavy atom. The Morgan fingerprint density at radius 2 is 1.43 bits per heavy atom. The quantitative estimate of drug-likeness (QED) is 0.0906. The molecular weight excluding hydrogens is 653 g/mol. The van der Waals surface area contributed by atoms with Gasteiger partial charge < -0.3 is 21.3 Å². The van der Waals surface area contributed by atoms with Crippen molar-refractivity contribution in [1.82, 2.24) is 9.80 Å². The second-order valence-electron chi connectivity index (χ2n) is 12.5. The zero-order valence-electron chi connectivity index (χ0n) is 27.1. The molecule has 1 aliphatic rings. The summed E-state index contributed by atoms with van der Waals surface area (Å²) in [6, 6.07) is 36.7. The van der Waals surface area contributed by atoms with Gasteiger partial charge in [0.25, 0.3) is 5.91 Å². The molecule has 0 aliphatic carbocycles. The number of piperazine rings is 1. The number of aliphatic imine (C=N–C) groups is 1. The number of guanidine groups is 1. The lowest BCUT2D eigenvalue weighted by Gasteiger charge is -2.47. The van der Waals surface area contributed by atoms with E-state index in [1.54, 1.807) is 12.1 Å². The normalized spacial score (nSPS) is 16.0. The van der Waals surface area contributed by atoms with Crippen LogP contribution < -0.4 is 11.5 Å². The van der Waals surface area contributed by atoms with E-state index in [1.165, 1.54) is 0 Å². The maximum Gasteiger partial charge on any atom is 0.254 e. The lowest BCUT2D eigenvalue weighted by Crippen LogP contribution is -2.62. The maximum atomic E-state index is 14.7. The van der Waals surface area contributed by atoms with Crippen LogP contribution in [0.25, 0.3) is 21.9 Å². The predicted octanol–water partition coefficient (Wildman–Crippen LogP) is 7.37. The summed E-state index contributed by atoms with van der Waals surface area (Å²) in [6.07, 6.45) is 2.14. The topological polar surface area (TPSA) is 105 Å². The van der Waals surface area contributed by atoms with Gasteiger partial charge in [-0.05, 0) is 64.9 Å². The number of carbonyl (C=O) groups is 2. The standard InChI is InChI=1S/C40H39Cl2N5O2/c41-31-18-19-35(37(42)24-31)34-14-6-7-15-36(34)39(49)47-26-33(22-27-9-2-1-3-10-27)46(25-32(47)13-8-20-45-40(43)44)38(48)23-28-16-17-29-11-4-5-12-30(29)21-28/h1-7,9-12,14-19,21,24,32-33H,8,13,20,22-23,25-26H2,(H4,43,44,45). The molecule has 49 heavy (non-hydrogen) atoms. The summed E-state index contributed by atoms with van der Waals surface area (Å²) >= 11 is 12.9. The van der Waals surface area contributed by atoms with Gasteiger partial charge in [-0.25, -0.2) is 0 Å². The molecule has 0 saturated carbocycles. The van der Waals surface area contributed by atoms with Crippen molar-refractivity contribution in [2.45, 2.75) is 37.8 Å². The van der Waals surface area contributed by atoms with Crippen LogP contribution in [0.1, 0.15) is 34.3 Å². The molecule has 5 aromatic carbocycles. The Hall–Kier alpha value is -4.85. The molecule has 2 unspecified atom stereocenters. The molecule has 2 amide bonds. The zero-order valence-corrected chi connectivity index (χ0v) is 28.7. The lowest BCUT2D eigenvalue weighted by atomic mass is 9.93. The highest BCUT2D eigenvalue weighted by molar-refractivity contribution is 6.36. The number of halogens is 2. The van der Waals surface area contributed by atoms with Gasteiger partial charge in [-0.2, -0.15) is 0 Å². The third kappa shape index (κ3) is 8.24. The predicted molar refractivity (Wildman–Crippen MR) is 200 cm³/mol. The number of nitrogens with zero attached hydrogens (tertiary/aromatic N) is 3. The monoisotopic (exact) mass is 691 g/mol. The van der Waals surface area contributed by atoms with Crippen molar-refractivity contribution in [3.05, 3.63) is 142 Å². The van der Waals surface area contributed by atoms with Crippen molar-refractivity contribution in [3.8, 4) is 11.1 Å². The second kappa shape index (κ2) is 15.6. The Morgan fingerprint density at radius 1 is 0.714 bits per heavy atom. The van der Waals surface area contributed by atoms with Gasteiger partial charge >= 0.3 is 0 Å². The van der Waals surface area contributed by atoms with E-state index in [9.17, 15) is 9.59 Å². The first-order valence-corrected chi connectivity index (χ1v) is 17.2. The minimum atomic E-state index is -0.261. The molecule has 0 aromatic heterocycles. The number of hydrogen-bond acceptors (Lipinski definition) is 3. The molecule has 0 bridgehead atoms. The van der Waals surface area contributed by atoms with Gasteiger partial charge in [0.15, 0.2) is 5.96 Å². The molecule has 0 radical (unpaired) electrons. The van der Waals surface area contributed by atoms with Crippen LogP contribution in [0, 0.1) is 0 Å². The highest BCUT2D eigenvalue weighted by atomic mass is 35.5. The average molecular weight is 693 g/mol. The molecule has 5 aromatic rings. The van der Waals surface area contributed by atoms with Gasteiger partial charge in [0.1, 0.15) is 0 Å². The number of hydrogen-bond donors (Lipinski definition) is 2. The van der Waals surface area contributed by atoms with Gasteiger partial charge in [0.05, 0.1) is 12.5 Å². The van der Waals surface area contributed by atoms with Crippen LogP contribution in [0.15, 0.2) is 120 Å². The molecule has 1 fully saturated rings. The molecule has 7 nitrogen and oxygen atoms in total. The Bertz CT molecular complexity index is 1980. The summed E-state index contributed by atoms with van der Waals surface area (Å²) in [5.41, 5.74) is 15.3. The number of fused-ring (bicyclic) bond motifs is 1. The van der Waals surface area contributed by atoms with E-state index in [1.807, 2.05) is 76.5 Å². The molecule has 1 heterocycles. The van der Waals surface area contributed by atoms with Crippen molar-refractivity contribution in [2.75, 3.05) is 19.6 Å². The van der Waals surface area contributed by atoms with E-state index in [2.05, 4.69) is 41.4 Å². The first-order valence-electron chi connectivity index (χ1n) is 16.5. The summed E-state index contributed by atoms with van der Waals surface area (Å²) in [4.78, 5) is 37.1. The summed E-state index contributed by atoms with van der Waals surface area (Å²) in [5.74, 6) is -0.0560. The fourth-order valence-electron chi connectivity index (χ4n) is 6.74. The van der Waals surface area contributed by atoms with Crippen LogP contribution in [0.3, 0.4) is 0 Å². The van der Waals surface area contributed by atoms with Crippen molar-refractivity contribution in [1.29, 1.82) is 0 Å².